The van der Waals surface area contributed by atoms with Crippen LogP contribution in [0.15, 0.2) is 4.99 Å². The van der Waals surface area contributed by atoms with Crippen LogP contribution in [0.2, 0.25) is 0 Å². The quantitative estimate of drug-likeness (QED) is 0.219. The van der Waals surface area contributed by atoms with Crippen LogP contribution in [0.3, 0.4) is 0 Å². The Morgan fingerprint density at radius 3 is 3.14 bits per heavy atom. The Kier molecular flexibility index (Phi) is 5.28. The average Bonchev–Trinajstić information content (AvgIpc) is 2.71. The number of nitrogens with two attached hydrogens (primary N) is 1. The zero-order valence-electron chi connectivity index (χ0n) is 8.75. The van der Waals surface area contributed by atoms with E-state index in [1.54, 1.807) is 14.2 Å². The summed E-state index contributed by atoms with van der Waals surface area (Å²) in [5.74, 6) is 1.31. The molecule has 0 amide bonds. The summed E-state index contributed by atoms with van der Waals surface area (Å²) in [5.41, 5.74) is 4.38. The third-order valence-corrected chi connectivity index (χ3v) is 2.12. The highest BCUT2D eigenvalue weighted by Crippen LogP contribution is 2.10. The van der Waals surface area contributed by atoms with Gasteiger partial charge in [-0.25, -0.2) is 0 Å². The molecule has 6 nitrogen and oxygen atoms in total. The molecule has 0 aromatic rings. The number of aliphatic imine (C=N–C) groups is 1. The van der Waals surface area contributed by atoms with Crippen LogP contribution < -0.4 is 16.3 Å². The van der Waals surface area contributed by atoms with E-state index in [1.165, 1.54) is 5.59 Å². The Bertz CT molecular complexity index is 180. The van der Waals surface area contributed by atoms with Crippen molar-refractivity contribution < 1.29 is 15.2 Å². The van der Waals surface area contributed by atoms with Crippen LogP contribution >= 0.6 is 0 Å². The lowest BCUT2D eigenvalue weighted by atomic mass is 10.1. The number of ether oxygens (including phenoxy) is 1. The molecular formula is C8H19N4O2+. The Balaban J connectivity index is 2.13. The summed E-state index contributed by atoms with van der Waals surface area (Å²) in [7, 11) is 3.31. The van der Waals surface area contributed by atoms with Gasteiger partial charge in [0.25, 0.3) is 0 Å². The minimum Gasteiger partial charge on any atom is -0.381 e. The van der Waals surface area contributed by atoms with Gasteiger partial charge in [0.15, 0.2) is 0 Å². The predicted octanol–water partition coefficient (Wildman–Crippen LogP) is -1.77. The molecule has 1 aliphatic heterocycles. The van der Waals surface area contributed by atoms with Gasteiger partial charge in [0, 0.05) is 26.1 Å². The molecule has 0 radical (unpaired) electrons. The second kappa shape index (κ2) is 6.58. The van der Waals surface area contributed by atoms with Crippen LogP contribution in [-0.2, 0) is 9.57 Å². The molecule has 0 aromatic carbocycles. The summed E-state index contributed by atoms with van der Waals surface area (Å²) in [6, 6.07) is 0. The summed E-state index contributed by atoms with van der Waals surface area (Å²) in [4.78, 5) is 8.79. The van der Waals surface area contributed by atoms with Crippen LogP contribution in [-0.4, -0.2) is 39.9 Å². The number of nitrogens with zero attached hydrogens (tertiary/aromatic N) is 1. The van der Waals surface area contributed by atoms with E-state index < -0.39 is 0 Å². The molecule has 0 aromatic heterocycles. The lowest BCUT2D eigenvalue weighted by Gasteiger charge is -2.11. The number of hydrogen-bond donors (Lipinski definition) is 3. The van der Waals surface area contributed by atoms with Gasteiger partial charge in [0.05, 0.1) is 13.7 Å². The molecule has 1 fully saturated rings. The van der Waals surface area contributed by atoms with Crippen LogP contribution in [0.1, 0.15) is 6.42 Å². The van der Waals surface area contributed by atoms with Gasteiger partial charge in [-0.05, 0) is 6.42 Å². The van der Waals surface area contributed by atoms with Crippen molar-refractivity contribution in [2.75, 3.05) is 33.9 Å². The van der Waals surface area contributed by atoms with Crippen molar-refractivity contribution in [1.82, 2.24) is 10.7 Å². The van der Waals surface area contributed by atoms with E-state index in [0.29, 0.717) is 5.92 Å². The van der Waals surface area contributed by atoms with E-state index >= 15 is 0 Å². The number of rotatable bonds is 4. The first-order valence-corrected chi connectivity index (χ1v) is 4.76. The Morgan fingerprint density at radius 2 is 2.57 bits per heavy atom. The third kappa shape index (κ3) is 3.91. The summed E-state index contributed by atoms with van der Waals surface area (Å²) >= 11 is 0. The first kappa shape index (κ1) is 11.2. The fourth-order valence-corrected chi connectivity index (χ4v) is 1.29. The second-order valence-electron chi connectivity index (χ2n) is 3.18. The molecule has 1 rings (SSSR count). The average molecular weight is 203 g/mol. The maximum absolute atomic E-state index is 5.27. The van der Waals surface area contributed by atoms with Crippen molar-refractivity contribution >= 4 is 5.96 Å². The fraction of sp³-hybridized carbons (Fsp3) is 0.875. The molecular weight excluding hydrogens is 184 g/mol. The van der Waals surface area contributed by atoms with E-state index in [-0.39, 0.29) is 0 Å². The van der Waals surface area contributed by atoms with Crippen molar-refractivity contribution in [3.05, 3.63) is 0 Å². The zero-order valence-corrected chi connectivity index (χ0v) is 8.75. The monoisotopic (exact) mass is 203 g/mol. The molecule has 1 atom stereocenters. The van der Waals surface area contributed by atoms with Gasteiger partial charge in [-0.3, -0.25) is 4.99 Å². The van der Waals surface area contributed by atoms with Crippen LogP contribution in [0.25, 0.3) is 0 Å². The van der Waals surface area contributed by atoms with Crippen molar-refractivity contribution in [3.63, 3.8) is 0 Å². The summed E-state index contributed by atoms with van der Waals surface area (Å²) in [6.45, 7) is 2.61. The van der Waals surface area contributed by atoms with Crippen molar-refractivity contribution in [1.29, 1.82) is 0 Å². The fourth-order valence-electron chi connectivity index (χ4n) is 1.29. The van der Waals surface area contributed by atoms with Gasteiger partial charge in [-0.1, -0.05) is 0 Å². The van der Waals surface area contributed by atoms with Crippen LogP contribution in [0, 0.1) is 5.92 Å². The number of quaternary nitrogens is 1. The summed E-state index contributed by atoms with van der Waals surface area (Å²) < 4.78 is 5.27. The van der Waals surface area contributed by atoms with Crippen LogP contribution in [0.4, 0.5) is 0 Å². The molecule has 0 spiro atoms. The van der Waals surface area contributed by atoms with E-state index in [9.17, 15) is 0 Å². The van der Waals surface area contributed by atoms with Crippen molar-refractivity contribution in [2.24, 2.45) is 10.9 Å². The molecule has 0 aliphatic carbocycles. The van der Waals surface area contributed by atoms with Gasteiger partial charge in [0.2, 0.25) is 5.96 Å². The number of guanidine groups is 1. The van der Waals surface area contributed by atoms with Gasteiger partial charge in [0.1, 0.15) is 0 Å². The minimum atomic E-state index is 0.594. The maximum atomic E-state index is 5.27. The Morgan fingerprint density at radius 1 is 1.71 bits per heavy atom. The zero-order chi connectivity index (χ0) is 10.2. The molecule has 1 unspecified atom stereocenters. The summed E-state index contributed by atoms with van der Waals surface area (Å²) in [6.07, 6.45) is 1.12. The van der Waals surface area contributed by atoms with Gasteiger partial charge < -0.3 is 10.1 Å². The normalized spacial score (nSPS) is 22.4. The highest BCUT2D eigenvalue weighted by molar-refractivity contribution is 5.78. The number of hydrogen-bond acceptors (Lipinski definition) is 3. The Labute approximate surface area is 84.0 Å². The minimum absolute atomic E-state index is 0.594. The van der Waals surface area contributed by atoms with Crippen LogP contribution in [0.5, 0.6) is 0 Å². The highest BCUT2D eigenvalue weighted by Gasteiger charge is 2.15. The van der Waals surface area contributed by atoms with Gasteiger partial charge in [-0.15, -0.1) is 5.59 Å². The predicted molar refractivity (Wildman–Crippen MR) is 52.4 cm³/mol. The standard InChI is InChI=1S/C8H18N4O2/c1-9-8(11-12-13-2)10-5-7-3-4-14-6-7/h7,12H,3-6H2,1-2H3,(H2,9,10,11)/p+1. The van der Waals surface area contributed by atoms with E-state index in [1.807, 2.05) is 0 Å². The lowest BCUT2D eigenvalue weighted by molar-refractivity contribution is -0.920. The lowest BCUT2D eigenvalue weighted by Crippen LogP contribution is -2.94. The Hall–Kier alpha value is -0.850. The van der Waals surface area contributed by atoms with E-state index in [4.69, 9.17) is 9.57 Å². The van der Waals surface area contributed by atoms with Gasteiger partial charge >= 0.3 is 0 Å². The summed E-state index contributed by atoms with van der Waals surface area (Å²) in [5, 5.41) is 3.19. The molecule has 0 saturated carbocycles. The first-order valence-electron chi connectivity index (χ1n) is 4.76. The number of nitrogens with one attached hydrogen (secondary N) is 2. The SMILES string of the molecule is CN=C(NCC1CCOC1)N[NH2+]OC. The maximum Gasteiger partial charge on any atom is 0.240 e. The molecule has 6 heteroatoms. The molecule has 0 bridgehead atoms. The molecule has 1 saturated heterocycles. The largest absolute Gasteiger partial charge is 0.381 e. The molecule has 82 valence electrons. The first-order chi connectivity index (χ1) is 6.86. The molecule has 14 heavy (non-hydrogen) atoms. The highest BCUT2D eigenvalue weighted by atomic mass is 16.7. The van der Waals surface area contributed by atoms with E-state index in [2.05, 4.69) is 15.7 Å². The molecule has 1 aliphatic rings. The molecule has 1 heterocycles. The smallest absolute Gasteiger partial charge is 0.240 e. The topological polar surface area (TPSA) is 71.5 Å². The van der Waals surface area contributed by atoms with Gasteiger partial charge in [-0.2, -0.15) is 10.3 Å². The molecule has 4 N–H and O–H groups in total. The van der Waals surface area contributed by atoms with Crippen molar-refractivity contribution in [3.8, 4) is 0 Å². The van der Waals surface area contributed by atoms with Crippen molar-refractivity contribution in [2.45, 2.75) is 6.42 Å². The third-order valence-electron chi connectivity index (χ3n) is 2.12. The second-order valence-corrected chi connectivity index (χ2v) is 3.18. The van der Waals surface area contributed by atoms with E-state index in [0.717, 1.165) is 32.1 Å².